The lowest BCUT2D eigenvalue weighted by molar-refractivity contribution is 0.312. The number of aryl methyl sites for hydroxylation is 3. The summed E-state index contributed by atoms with van der Waals surface area (Å²) in [7, 11) is 2.20. The summed E-state index contributed by atoms with van der Waals surface area (Å²) in [5.74, 6) is 2.12. The zero-order chi connectivity index (χ0) is 15.1. The minimum absolute atomic E-state index is 0.915. The lowest BCUT2D eigenvalue weighted by Gasteiger charge is -2.33. The van der Waals surface area contributed by atoms with Gasteiger partial charge in [-0.3, -0.25) is 0 Å². The van der Waals surface area contributed by atoms with Gasteiger partial charge in [0.25, 0.3) is 0 Å². The van der Waals surface area contributed by atoms with Crippen molar-refractivity contribution >= 4 is 27.4 Å². The van der Waals surface area contributed by atoms with Crippen LogP contribution in [-0.2, 0) is 12.8 Å². The van der Waals surface area contributed by atoms with Gasteiger partial charge in [-0.15, -0.1) is 11.3 Å². The summed E-state index contributed by atoms with van der Waals surface area (Å²) in [5.41, 5.74) is 1.56. The third-order valence-corrected chi connectivity index (χ3v) is 6.15. The first-order valence-electron chi connectivity index (χ1n) is 8.45. The molecule has 4 nitrogen and oxygen atoms in total. The molecule has 0 amide bonds. The van der Waals surface area contributed by atoms with E-state index in [9.17, 15) is 0 Å². The number of anilines is 1. The minimum Gasteiger partial charge on any atom is -0.353 e. The summed E-state index contributed by atoms with van der Waals surface area (Å²) in [4.78, 5) is 17.3. The van der Waals surface area contributed by atoms with Crippen LogP contribution >= 0.6 is 11.3 Å². The standard InChI is InChI=1S/C17H24N4S/c1-12-18-16(21-10-8-20(2)9-11-21)15-13-6-4-3-5-7-14(13)22-17(15)19-12/h3-11H2,1-2H3. The van der Waals surface area contributed by atoms with Gasteiger partial charge in [0.15, 0.2) is 0 Å². The van der Waals surface area contributed by atoms with Crippen LogP contribution in [0.3, 0.4) is 0 Å². The first-order chi connectivity index (χ1) is 10.7. The number of hydrogen-bond donors (Lipinski definition) is 0. The van der Waals surface area contributed by atoms with Crippen LogP contribution in [-0.4, -0.2) is 48.1 Å². The highest BCUT2D eigenvalue weighted by Gasteiger charge is 2.24. The number of hydrogen-bond acceptors (Lipinski definition) is 5. The van der Waals surface area contributed by atoms with Crippen molar-refractivity contribution in [3.63, 3.8) is 0 Å². The van der Waals surface area contributed by atoms with Gasteiger partial charge in [0, 0.05) is 31.1 Å². The number of nitrogens with zero attached hydrogens (tertiary/aromatic N) is 4. The van der Waals surface area contributed by atoms with E-state index < -0.39 is 0 Å². The van der Waals surface area contributed by atoms with Gasteiger partial charge in [-0.1, -0.05) is 6.42 Å². The maximum atomic E-state index is 4.86. The predicted molar refractivity (Wildman–Crippen MR) is 93.1 cm³/mol. The molecule has 2 aromatic heterocycles. The molecule has 0 aromatic carbocycles. The molecular formula is C17H24N4S. The molecule has 0 saturated carbocycles. The Morgan fingerprint density at radius 2 is 1.73 bits per heavy atom. The summed E-state index contributed by atoms with van der Waals surface area (Å²) < 4.78 is 0. The topological polar surface area (TPSA) is 32.3 Å². The third kappa shape index (κ3) is 2.50. The van der Waals surface area contributed by atoms with Gasteiger partial charge in [-0.2, -0.15) is 0 Å². The number of aromatic nitrogens is 2. The predicted octanol–water partition coefficient (Wildman–Crippen LogP) is 3.02. The molecule has 0 spiro atoms. The van der Waals surface area contributed by atoms with E-state index in [1.165, 1.54) is 48.1 Å². The van der Waals surface area contributed by atoms with Gasteiger partial charge in [0.1, 0.15) is 16.5 Å². The quantitative estimate of drug-likeness (QED) is 0.757. The Morgan fingerprint density at radius 3 is 2.55 bits per heavy atom. The molecule has 5 heteroatoms. The summed E-state index contributed by atoms with van der Waals surface area (Å²) >= 11 is 1.92. The van der Waals surface area contributed by atoms with Crippen LogP contribution in [0.15, 0.2) is 0 Å². The minimum atomic E-state index is 0.915. The summed E-state index contributed by atoms with van der Waals surface area (Å²) in [6.45, 7) is 6.43. The molecule has 4 rings (SSSR count). The zero-order valence-corrected chi connectivity index (χ0v) is 14.4. The van der Waals surface area contributed by atoms with Crippen molar-refractivity contribution < 1.29 is 0 Å². The molecule has 118 valence electrons. The van der Waals surface area contributed by atoms with E-state index in [1.807, 2.05) is 18.3 Å². The number of likely N-dealkylation sites (N-methyl/N-ethyl adjacent to an activating group) is 1. The molecule has 0 bridgehead atoms. The van der Waals surface area contributed by atoms with Crippen LogP contribution in [0.25, 0.3) is 10.2 Å². The molecule has 3 heterocycles. The average molecular weight is 316 g/mol. The van der Waals surface area contributed by atoms with E-state index in [0.717, 1.165) is 32.0 Å². The molecule has 1 aliphatic heterocycles. The van der Waals surface area contributed by atoms with Crippen molar-refractivity contribution in [2.75, 3.05) is 38.1 Å². The highest BCUT2D eigenvalue weighted by atomic mass is 32.1. The summed E-state index contributed by atoms with van der Waals surface area (Å²) in [6.07, 6.45) is 6.45. The fourth-order valence-electron chi connectivity index (χ4n) is 3.67. The molecule has 0 radical (unpaired) electrons. The highest BCUT2D eigenvalue weighted by molar-refractivity contribution is 7.19. The second-order valence-corrected chi connectivity index (χ2v) is 7.71. The Hall–Kier alpha value is -1.20. The molecule has 1 fully saturated rings. The second kappa shape index (κ2) is 5.78. The average Bonchev–Trinajstić information content (AvgIpc) is 2.69. The Morgan fingerprint density at radius 1 is 0.955 bits per heavy atom. The van der Waals surface area contributed by atoms with Crippen LogP contribution in [0.4, 0.5) is 5.82 Å². The summed E-state index contributed by atoms with van der Waals surface area (Å²) in [6, 6.07) is 0. The monoisotopic (exact) mass is 316 g/mol. The maximum absolute atomic E-state index is 4.86. The van der Waals surface area contributed by atoms with Gasteiger partial charge in [-0.05, 0) is 45.2 Å². The maximum Gasteiger partial charge on any atom is 0.141 e. The van der Waals surface area contributed by atoms with Gasteiger partial charge in [-0.25, -0.2) is 9.97 Å². The SMILES string of the molecule is Cc1nc(N2CCN(C)CC2)c2c3c(sc2n1)CCCCC3. The molecule has 0 unspecified atom stereocenters. The Kier molecular flexibility index (Phi) is 3.78. The molecule has 1 aliphatic carbocycles. The van der Waals surface area contributed by atoms with E-state index in [-0.39, 0.29) is 0 Å². The first-order valence-corrected chi connectivity index (χ1v) is 9.26. The largest absolute Gasteiger partial charge is 0.353 e. The number of thiophene rings is 1. The Bertz CT molecular complexity index is 686. The van der Waals surface area contributed by atoms with E-state index in [4.69, 9.17) is 9.97 Å². The normalized spacial score (nSPS) is 20.2. The fourth-order valence-corrected chi connectivity index (χ4v) is 4.97. The molecule has 2 aliphatic rings. The molecule has 0 N–H and O–H groups in total. The van der Waals surface area contributed by atoms with Crippen LogP contribution in [0.2, 0.25) is 0 Å². The van der Waals surface area contributed by atoms with E-state index in [2.05, 4.69) is 16.8 Å². The zero-order valence-electron chi connectivity index (χ0n) is 13.6. The van der Waals surface area contributed by atoms with Crippen molar-refractivity contribution in [3.8, 4) is 0 Å². The third-order valence-electron chi connectivity index (χ3n) is 4.96. The lowest BCUT2D eigenvalue weighted by atomic mass is 10.1. The van der Waals surface area contributed by atoms with Crippen molar-refractivity contribution in [1.82, 2.24) is 14.9 Å². The fraction of sp³-hybridized carbons (Fsp3) is 0.647. The Labute approximate surface area is 136 Å². The van der Waals surface area contributed by atoms with Crippen molar-refractivity contribution in [1.29, 1.82) is 0 Å². The molecule has 1 saturated heterocycles. The number of rotatable bonds is 1. The first kappa shape index (κ1) is 14.4. The number of fused-ring (bicyclic) bond motifs is 3. The lowest BCUT2D eigenvalue weighted by Crippen LogP contribution is -2.45. The smallest absolute Gasteiger partial charge is 0.141 e. The van der Waals surface area contributed by atoms with Crippen LogP contribution in [0, 0.1) is 6.92 Å². The van der Waals surface area contributed by atoms with Gasteiger partial charge < -0.3 is 9.80 Å². The van der Waals surface area contributed by atoms with Crippen LogP contribution in [0.1, 0.15) is 35.5 Å². The molecular weight excluding hydrogens is 292 g/mol. The van der Waals surface area contributed by atoms with E-state index in [1.54, 1.807) is 10.4 Å². The van der Waals surface area contributed by atoms with Crippen LogP contribution < -0.4 is 4.90 Å². The van der Waals surface area contributed by atoms with Crippen molar-refractivity contribution in [2.45, 2.75) is 39.0 Å². The molecule has 22 heavy (non-hydrogen) atoms. The van der Waals surface area contributed by atoms with Crippen molar-refractivity contribution in [3.05, 3.63) is 16.3 Å². The van der Waals surface area contributed by atoms with Crippen LogP contribution in [0.5, 0.6) is 0 Å². The second-order valence-electron chi connectivity index (χ2n) is 6.63. The summed E-state index contributed by atoms with van der Waals surface area (Å²) in [5, 5.41) is 1.37. The highest BCUT2D eigenvalue weighted by Crippen LogP contribution is 2.39. The van der Waals surface area contributed by atoms with Crippen molar-refractivity contribution in [2.24, 2.45) is 0 Å². The molecule has 0 atom stereocenters. The Balaban J connectivity index is 1.84. The van der Waals surface area contributed by atoms with Gasteiger partial charge in [0.05, 0.1) is 5.39 Å². The van der Waals surface area contributed by atoms with E-state index >= 15 is 0 Å². The van der Waals surface area contributed by atoms with E-state index in [0.29, 0.717) is 0 Å². The van der Waals surface area contributed by atoms with Gasteiger partial charge >= 0.3 is 0 Å². The van der Waals surface area contributed by atoms with Gasteiger partial charge in [0.2, 0.25) is 0 Å². The molecule has 2 aromatic rings. The number of piperazine rings is 1.